The fraction of sp³-hybridized carbons (Fsp3) is 0.222. The summed E-state index contributed by atoms with van der Waals surface area (Å²) in [5.74, 6) is 0. The molecule has 1 aromatic heterocycles. The van der Waals surface area contributed by atoms with E-state index in [0.717, 1.165) is 3.97 Å². The van der Waals surface area contributed by atoms with Crippen molar-refractivity contribution in [2.75, 3.05) is 26.2 Å². The third-order valence-corrected chi connectivity index (χ3v) is 8.62. The van der Waals surface area contributed by atoms with Crippen molar-refractivity contribution in [2.45, 2.75) is 9.92 Å². The molecule has 0 aliphatic carbocycles. The van der Waals surface area contributed by atoms with Gasteiger partial charge in [0.05, 0.1) is 10.4 Å². The third-order valence-electron chi connectivity index (χ3n) is 4.65. The Labute approximate surface area is 168 Å². The minimum Gasteiger partial charge on any atom is -0.314 e. The highest BCUT2D eigenvalue weighted by molar-refractivity contribution is 7.92. The minimum absolute atomic E-state index is 0.00392. The van der Waals surface area contributed by atoms with Crippen molar-refractivity contribution in [3.05, 3.63) is 59.6 Å². The highest BCUT2D eigenvalue weighted by Crippen LogP contribution is 2.31. The standard InChI is InChI=1S/C18H18ClN3O4S2/c19-15-7-6-14-12-18(28(25,26)21-10-8-20-9-11-21)22(17(14)13-15)27(23,24)16-4-2-1-3-5-16/h1-7,12-13,20H,8-11H2. The molecule has 0 saturated carbocycles. The first-order valence-corrected chi connectivity index (χ1v) is 11.9. The molecule has 1 aliphatic rings. The molecule has 0 spiro atoms. The average molecular weight is 440 g/mol. The molecule has 0 amide bonds. The van der Waals surface area contributed by atoms with Gasteiger partial charge in [0.15, 0.2) is 5.03 Å². The molecule has 4 rings (SSSR count). The van der Waals surface area contributed by atoms with Gasteiger partial charge in [-0.1, -0.05) is 35.9 Å². The number of benzene rings is 2. The van der Waals surface area contributed by atoms with Crippen LogP contribution in [0, 0.1) is 0 Å². The molecular formula is C18H18ClN3O4S2. The van der Waals surface area contributed by atoms with Crippen LogP contribution in [0.1, 0.15) is 0 Å². The summed E-state index contributed by atoms with van der Waals surface area (Å²) >= 11 is 6.08. The van der Waals surface area contributed by atoms with E-state index in [-0.39, 0.29) is 28.5 Å². The Morgan fingerprint density at radius 2 is 1.54 bits per heavy atom. The van der Waals surface area contributed by atoms with Gasteiger partial charge in [0.1, 0.15) is 0 Å². The molecule has 0 atom stereocenters. The maximum atomic E-state index is 13.4. The fourth-order valence-electron chi connectivity index (χ4n) is 3.27. The minimum atomic E-state index is -4.15. The van der Waals surface area contributed by atoms with Gasteiger partial charge in [0.2, 0.25) is 0 Å². The Bertz CT molecular complexity index is 1230. The lowest BCUT2D eigenvalue weighted by Gasteiger charge is -2.27. The molecule has 3 aromatic rings. The van der Waals surface area contributed by atoms with Crippen molar-refractivity contribution < 1.29 is 16.8 Å². The van der Waals surface area contributed by atoms with Crippen molar-refractivity contribution in [1.29, 1.82) is 0 Å². The lowest BCUT2D eigenvalue weighted by molar-refractivity contribution is 0.358. The average Bonchev–Trinajstić information content (AvgIpc) is 3.09. The zero-order chi connectivity index (χ0) is 19.9. The molecule has 28 heavy (non-hydrogen) atoms. The molecule has 1 aliphatic heterocycles. The van der Waals surface area contributed by atoms with Crippen LogP contribution in [0.4, 0.5) is 0 Å². The van der Waals surface area contributed by atoms with Crippen LogP contribution in [-0.4, -0.2) is 51.3 Å². The Morgan fingerprint density at radius 3 is 2.21 bits per heavy atom. The fourth-order valence-corrected chi connectivity index (χ4v) is 6.94. The van der Waals surface area contributed by atoms with Crippen LogP contribution in [0.3, 0.4) is 0 Å². The van der Waals surface area contributed by atoms with Crippen LogP contribution in [0.2, 0.25) is 5.02 Å². The van der Waals surface area contributed by atoms with Gasteiger partial charge in [-0.25, -0.2) is 20.8 Å². The Hall–Kier alpha value is -1.91. The van der Waals surface area contributed by atoms with E-state index >= 15 is 0 Å². The van der Waals surface area contributed by atoms with E-state index in [9.17, 15) is 16.8 Å². The summed E-state index contributed by atoms with van der Waals surface area (Å²) in [6, 6.07) is 13.8. The summed E-state index contributed by atoms with van der Waals surface area (Å²) in [5.41, 5.74) is 0.227. The smallest absolute Gasteiger partial charge is 0.269 e. The first-order valence-electron chi connectivity index (χ1n) is 8.64. The van der Waals surface area contributed by atoms with Gasteiger partial charge in [-0.3, -0.25) is 0 Å². The second-order valence-electron chi connectivity index (χ2n) is 6.42. The maximum Gasteiger partial charge on any atom is 0.269 e. The molecule has 7 nitrogen and oxygen atoms in total. The number of aromatic nitrogens is 1. The van der Waals surface area contributed by atoms with E-state index in [1.54, 1.807) is 30.3 Å². The number of fused-ring (bicyclic) bond motifs is 1. The van der Waals surface area contributed by atoms with Crippen LogP contribution in [-0.2, 0) is 20.0 Å². The van der Waals surface area contributed by atoms with Crippen LogP contribution in [0.15, 0.2) is 64.5 Å². The second-order valence-corrected chi connectivity index (χ2v) is 10.5. The lowest BCUT2D eigenvalue weighted by atomic mass is 10.2. The Morgan fingerprint density at radius 1 is 0.857 bits per heavy atom. The van der Waals surface area contributed by atoms with E-state index in [1.165, 1.54) is 28.6 Å². The third kappa shape index (κ3) is 3.23. The summed E-state index contributed by atoms with van der Waals surface area (Å²) < 4.78 is 55.6. The molecule has 148 valence electrons. The second kappa shape index (κ2) is 7.16. The quantitative estimate of drug-likeness (QED) is 0.672. The monoisotopic (exact) mass is 439 g/mol. The molecule has 2 aromatic carbocycles. The zero-order valence-electron chi connectivity index (χ0n) is 14.7. The lowest BCUT2D eigenvalue weighted by Crippen LogP contribution is -2.46. The predicted octanol–water partition coefficient (Wildman–Crippen LogP) is 2.13. The van der Waals surface area contributed by atoms with Gasteiger partial charge in [-0.2, -0.15) is 4.31 Å². The molecular weight excluding hydrogens is 422 g/mol. The topological polar surface area (TPSA) is 88.5 Å². The number of nitrogens with zero attached hydrogens (tertiary/aromatic N) is 2. The predicted molar refractivity (Wildman–Crippen MR) is 108 cm³/mol. The molecule has 1 saturated heterocycles. The van der Waals surface area contributed by atoms with E-state index in [0.29, 0.717) is 23.5 Å². The van der Waals surface area contributed by atoms with E-state index in [1.807, 2.05) is 0 Å². The van der Waals surface area contributed by atoms with Crippen molar-refractivity contribution in [3.8, 4) is 0 Å². The molecule has 0 bridgehead atoms. The van der Waals surface area contributed by atoms with Gasteiger partial charge in [0.25, 0.3) is 20.0 Å². The number of piperazine rings is 1. The maximum absolute atomic E-state index is 13.4. The molecule has 1 fully saturated rings. The first kappa shape index (κ1) is 19.4. The molecule has 2 heterocycles. The van der Waals surface area contributed by atoms with Crippen molar-refractivity contribution in [3.63, 3.8) is 0 Å². The van der Waals surface area contributed by atoms with E-state index in [2.05, 4.69) is 5.32 Å². The molecule has 10 heteroatoms. The Kier molecular flexibility index (Phi) is 4.96. The van der Waals surface area contributed by atoms with Gasteiger partial charge >= 0.3 is 0 Å². The van der Waals surface area contributed by atoms with Gasteiger partial charge in [-0.05, 0) is 30.3 Å². The van der Waals surface area contributed by atoms with Crippen LogP contribution >= 0.6 is 11.6 Å². The Balaban J connectivity index is 2.01. The number of hydrogen-bond donors (Lipinski definition) is 1. The molecule has 0 radical (unpaired) electrons. The van der Waals surface area contributed by atoms with Crippen LogP contribution in [0.5, 0.6) is 0 Å². The van der Waals surface area contributed by atoms with Gasteiger partial charge in [-0.15, -0.1) is 0 Å². The molecule has 1 N–H and O–H groups in total. The van der Waals surface area contributed by atoms with Crippen molar-refractivity contribution >= 4 is 42.6 Å². The van der Waals surface area contributed by atoms with Crippen LogP contribution in [0.25, 0.3) is 10.9 Å². The van der Waals surface area contributed by atoms with Gasteiger partial charge < -0.3 is 5.32 Å². The summed E-state index contributed by atoms with van der Waals surface area (Å²) in [5, 5.41) is 3.62. The summed E-state index contributed by atoms with van der Waals surface area (Å²) in [7, 11) is -8.18. The highest BCUT2D eigenvalue weighted by Gasteiger charge is 2.34. The van der Waals surface area contributed by atoms with Crippen molar-refractivity contribution in [2.24, 2.45) is 0 Å². The zero-order valence-corrected chi connectivity index (χ0v) is 17.1. The number of sulfonamides is 1. The SMILES string of the molecule is O=S(=O)(c1cc2ccc(Cl)cc2n1S(=O)(=O)c1ccccc1)N1CCNCC1. The van der Waals surface area contributed by atoms with Crippen molar-refractivity contribution in [1.82, 2.24) is 13.6 Å². The number of halogens is 1. The summed E-state index contributed by atoms with van der Waals surface area (Å²) in [6.45, 7) is 1.57. The van der Waals surface area contributed by atoms with Gasteiger partial charge in [0, 0.05) is 36.6 Å². The number of hydrogen-bond acceptors (Lipinski definition) is 5. The summed E-state index contributed by atoms with van der Waals surface area (Å²) in [6.07, 6.45) is 0. The number of nitrogens with one attached hydrogen (secondary N) is 1. The summed E-state index contributed by atoms with van der Waals surface area (Å²) in [4.78, 5) is 0.00392. The molecule has 0 unspecified atom stereocenters. The first-order chi connectivity index (χ1) is 13.3. The highest BCUT2D eigenvalue weighted by atomic mass is 35.5. The normalized spacial score (nSPS) is 16.5. The van der Waals surface area contributed by atoms with E-state index < -0.39 is 20.0 Å². The number of rotatable bonds is 4. The van der Waals surface area contributed by atoms with E-state index in [4.69, 9.17) is 11.6 Å². The largest absolute Gasteiger partial charge is 0.314 e. The van der Waals surface area contributed by atoms with Crippen LogP contribution < -0.4 is 5.32 Å².